The lowest BCUT2D eigenvalue weighted by Crippen LogP contribution is -2.35. The fraction of sp³-hybridized carbons (Fsp3) is 1.00. The van der Waals surface area contributed by atoms with E-state index in [0.717, 1.165) is 12.8 Å². The standard InChI is InChI=1S/C7H15NO2/c1-5-2-3-6(8)7(9)4-10-5/h5-7,9H,2-4,8H2,1H3/t5-,6-,7-/m1/s1. The van der Waals surface area contributed by atoms with Crippen molar-refractivity contribution in [2.75, 3.05) is 6.61 Å². The summed E-state index contributed by atoms with van der Waals surface area (Å²) in [5.41, 5.74) is 5.61. The van der Waals surface area contributed by atoms with Gasteiger partial charge in [0.1, 0.15) is 0 Å². The summed E-state index contributed by atoms with van der Waals surface area (Å²) < 4.78 is 5.26. The second-order valence-electron chi connectivity index (χ2n) is 2.95. The molecule has 1 heterocycles. The molecule has 1 saturated heterocycles. The Kier molecular flexibility index (Phi) is 2.65. The molecule has 3 N–H and O–H groups in total. The Morgan fingerprint density at radius 1 is 1.50 bits per heavy atom. The third kappa shape index (κ3) is 1.94. The van der Waals surface area contributed by atoms with Gasteiger partial charge in [0.15, 0.2) is 0 Å². The predicted molar refractivity (Wildman–Crippen MR) is 38.6 cm³/mol. The molecule has 0 aromatic carbocycles. The monoisotopic (exact) mass is 145 g/mol. The summed E-state index contributed by atoms with van der Waals surface area (Å²) in [4.78, 5) is 0. The van der Waals surface area contributed by atoms with Crippen molar-refractivity contribution in [2.45, 2.75) is 38.0 Å². The lowest BCUT2D eigenvalue weighted by molar-refractivity contribution is 0.00900. The quantitative estimate of drug-likeness (QED) is 0.499. The zero-order valence-electron chi connectivity index (χ0n) is 6.29. The van der Waals surface area contributed by atoms with E-state index in [1.807, 2.05) is 6.92 Å². The van der Waals surface area contributed by atoms with Crippen molar-refractivity contribution in [3.05, 3.63) is 0 Å². The van der Waals surface area contributed by atoms with Gasteiger partial charge in [-0.1, -0.05) is 0 Å². The van der Waals surface area contributed by atoms with Gasteiger partial charge in [0.2, 0.25) is 0 Å². The highest BCUT2D eigenvalue weighted by molar-refractivity contribution is 4.75. The highest BCUT2D eigenvalue weighted by atomic mass is 16.5. The maximum Gasteiger partial charge on any atom is 0.0924 e. The highest BCUT2D eigenvalue weighted by Crippen LogP contribution is 2.11. The Labute approximate surface area is 61.2 Å². The minimum atomic E-state index is -0.468. The van der Waals surface area contributed by atoms with Crippen molar-refractivity contribution < 1.29 is 9.84 Å². The number of hydrogen-bond donors (Lipinski definition) is 2. The molecule has 0 saturated carbocycles. The van der Waals surface area contributed by atoms with Crippen LogP contribution in [0.1, 0.15) is 19.8 Å². The molecule has 3 nitrogen and oxygen atoms in total. The molecule has 1 fully saturated rings. The van der Waals surface area contributed by atoms with Crippen LogP contribution in [0.2, 0.25) is 0 Å². The lowest BCUT2D eigenvalue weighted by atomic mass is 10.1. The van der Waals surface area contributed by atoms with Crippen LogP contribution in [0.25, 0.3) is 0 Å². The molecule has 0 spiro atoms. The summed E-state index contributed by atoms with van der Waals surface area (Å²) in [6, 6.07) is -0.0926. The Morgan fingerprint density at radius 3 is 2.90 bits per heavy atom. The lowest BCUT2D eigenvalue weighted by Gasteiger charge is -2.12. The molecule has 3 atom stereocenters. The topological polar surface area (TPSA) is 55.5 Å². The van der Waals surface area contributed by atoms with Crippen molar-refractivity contribution in [3.8, 4) is 0 Å². The molecule has 10 heavy (non-hydrogen) atoms. The van der Waals surface area contributed by atoms with Gasteiger partial charge in [0.25, 0.3) is 0 Å². The van der Waals surface area contributed by atoms with E-state index in [1.54, 1.807) is 0 Å². The Balaban J connectivity index is 2.38. The van der Waals surface area contributed by atoms with E-state index >= 15 is 0 Å². The first kappa shape index (κ1) is 7.98. The van der Waals surface area contributed by atoms with E-state index in [0.29, 0.717) is 6.61 Å². The summed E-state index contributed by atoms with van der Waals surface area (Å²) in [5.74, 6) is 0. The number of aliphatic hydroxyl groups excluding tert-OH is 1. The van der Waals surface area contributed by atoms with Crippen LogP contribution in [0.3, 0.4) is 0 Å². The molecule has 1 aliphatic rings. The molecule has 0 amide bonds. The summed E-state index contributed by atoms with van der Waals surface area (Å²) >= 11 is 0. The van der Waals surface area contributed by atoms with Gasteiger partial charge in [-0.05, 0) is 19.8 Å². The molecule has 1 aliphatic heterocycles. The number of ether oxygens (including phenoxy) is 1. The van der Waals surface area contributed by atoms with Gasteiger partial charge in [-0.15, -0.1) is 0 Å². The maximum atomic E-state index is 9.23. The molecule has 0 bridgehead atoms. The first-order chi connectivity index (χ1) is 4.70. The van der Waals surface area contributed by atoms with Crippen LogP contribution in [-0.2, 0) is 4.74 Å². The summed E-state index contributed by atoms with van der Waals surface area (Å²) in [6.07, 6.45) is 1.61. The molecule has 0 aromatic rings. The van der Waals surface area contributed by atoms with E-state index in [2.05, 4.69) is 0 Å². The second kappa shape index (κ2) is 3.32. The van der Waals surface area contributed by atoms with Gasteiger partial charge in [-0.2, -0.15) is 0 Å². The van der Waals surface area contributed by atoms with Crippen LogP contribution in [0, 0.1) is 0 Å². The predicted octanol–water partition coefficient (Wildman–Crippen LogP) is -0.126. The number of hydrogen-bond acceptors (Lipinski definition) is 3. The molecular weight excluding hydrogens is 130 g/mol. The van der Waals surface area contributed by atoms with E-state index in [4.69, 9.17) is 10.5 Å². The van der Waals surface area contributed by atoms with E-state index in [9.17, 15) is 5.11 Å². The largest absolute Gasteiger partial charge is 0.389 e. The first-order valence-corrected chi connectivity index (χ1v) is 3.75. The van der Waals surface area contributed by atoms with E-state index in [-0.39, 0.29) is 12.1 Å². The number of aliphatic hydroxyl groups is 1. The van der Waals surface area contributed by atoms with Crippen molar-refractivity contribution >= 4 is 0 Å². The van der Waals surface area contributed by atoms with Crippen LogP contribution in [-0.4, -0.2) is 30.0 Å². The van der Waals surface area contributed by atoms with Gasteiger partial charge >= 0.3 is 0 Å². The Bertz CT molecular complexity index is 95.8. The fourth-order valence-electron chi connectivity index (χ4n) is 1.09. The van der Waals surface area contributed by atoms with Crippen LogP contribution < -0.4 is 5.73 Å². The van der Waals surface area contributed by atoms with Gasteiger partial charge in [-0.25, -0.2) is 0 Å². The molecule has 1 rings (SSSR count). The minimum absolute atomic E-state index is 0.0926. The number of nitrogens with two attached hydrogens (primary N) is 1. The molecule has 0 aromatic heterocycles. The smallest absolute Gasteiger partial charge is 0.0924 e. The van der Waals surface area contributed by atoms with Crippen LogP contribution >= 0.6 is 0 Å². The molecule has 3 heteroatoms. The molecular formula is C7H15NO2. The van der Waals surface area contributed by atoms with Crippen LogP contribution in [0.5, 0.6) is 0 Å². The van der Waals surface area contributed by atoms with Crippen molar-refractivity contribution in [3.63, 3.8) is 0 Å². The first-order valence-electron chi connectivity index (χ1n) is 3.75. The molecule has 60 valence electrons. The maximum absolute atomic E-state index is 9.23. The molecule has 0 radical (unpaired) electrons. The van der Waals surface area contributed by atoms with E-state index < -0.39 is 6.10 Å². The average molecular weight is 145 g/mol. The van der Waals surface area contributed by atoms with Crippen molar-refractivity contribution in [2.24, 2.45) is 5.73 Å². The average Bonchev–Trinajstić information content (AvgIpc) is 2.04. The van der Waals surface area contributed by atoms with Gasteiger partial charge in [-0.3, -0.25) is 0 Å². The third-order valence-corrected chi connectivity index (χ3v) is 1.95. The van der Waals surface area contributed by atoms with Gasteiger partial charge < -0.3 is 15.6 Å². The summed E-state index contributed by atoms with van der Waals surface area (Å²) in [5, 5.41) is 9.23. The van der Waals surface area contributed by atoms with Crippen molar-refractivity contribution in [1.29, 1.82) is 0 Å². The summed E-state index contributed by atoms with van der Waals surface area (Å²) in [6.45, 7) is 2.40. The normalized spacial score (nSPS) is 42.9. The van der Waals surface area contributed by atoms with E-state index in [1.165, 1.54) is 0 Å². The zero-order chi connectivity index (χ0) is 7.56. The SMILES string of the molecule is C[C@@H]1CC[C@@H](N)[C@H](O)CO1. The fourth-order valence-corrected chi connectivity index (χ4v) is 1.09. The summed E-state index contributed by atoms with van der Waals surface area (Å²) in [7, 11) is 0. The van der Waals surface area contributed by atoms with Crippen molar-refractivity contribution in [1.82, 2.24) is 0 Å². The van der Waals surface area contributed by atoms with Gasteiger partial charge in [0.05, 0.1) is 18.8 Å². The second-order valence-corrected chi connectivity index (χ2v) is 2.95. The van der Waals surface area contributed by atoms with Gasteiger partial charge in [0, 0.05) is 6.04 Å². The highest BCUT2D eigenvalue weighted by Gasteiger charge is 2.20. The Hall–Kier alpha value is -0.120. The molecule has 0 aliphatic carbocycles. The minimum Gasteiger partial charge on any atom is -0.389 e. The van der Waals surface area contributed by atoms with Crippen LogP contribution in [0.15, 0.2) is 0 Å². The third-order valence-electron chi connectivity index (χ3n) is 1.95. The molecule has 0 unspecified atom stereocenters. The number of rotatable bonds is 0. The Morgan fingerprint density at radius 2 is 2.20 bits per heavy atom. The zero-order valence-corrected chi connectivity index (χ0v) is 6.29. The van der Waals surface area contributed by atoms with Crippen LogP contribution in [0.4, 0.5) is 0 Å².